The minimum absolute atomic E-state index is 0.153. The van der Waals surface area contributed by atoms with Gasteiger partial charge in [-0.05, 0) is 66.5 Å². The van der Waals surface area contributed by atoms with Crippen LogP contribution < -0.4 is 29.1 Å². The molecule has 0 bridgehead atoms. The first-order valence-electron chi connectivity index (χ1n) is 12.8. The van der Waals surface area contributed by atoms with E-state index in [-0.39, 0.29) is 11.5 Å². The monoisotopic (exact) mass is 625 g/mol. The molecule has 10 heteroatoms. The van der Waals surface area contributed by atoms with Gasteiger partial charge in [0.15, 0.2) is 16.3 Å². The van der Waals surface area contributed by atoms with Crippen molar-refractivity contribution in [1.29, 1.82) is 0 Å². The largest absolute Gasteiger partial charge is 0.496 e. The van der Waals surface area contributed by atoms with Crippen molar-refractivity contribution in [3.63, 3.8) is 0 Å². The lowest BCUT2D eigenvalue weighted by molar-refractivity contribution is -0.127. The van der Waals surface area contributed by atoms with Crippen LogP contribution in [0.1, 0.15) is 37.9 Å². The standard InChI is InChI=1S/C30H32BrN3O5S/c1-7-14-39-27-21(31)15-19(16-23(27)38-6)17-24-28(35)34-26(20-12-10-11-13-22(20)37-5)25(18(4)32-30(34)40-24)29(36)33(8-2)9-3/h7,10-13,15-17,26H,1,8-9,14H2,2-6H3/b24-17+/t26-/m0/s1. The summed E-state index contributed by atoms with van der Waals surface area (Å²) in [6.45, 7) is 10.8. The van der Waals surface area contributed by atoms with E-state index in [9.17, 15) is 9.59 Å². The Hall–Kier alpha value is -3.63. The van der Waals surface area contributed by atoms with Gasteiger partial charge in [0, 0.05) is 18.7 Å². The molecule has 40 heavy (non-hydrogen) atoms. The summed E-state index contributed by atoms with van der Waals surface area (Å²) in [7, 11) is 3.14. The summed E-state index contributed by atoms with van der Waals surface area (Å²) in [6.07, 6.45) is 3.44. The van der Waals surface area contributed by atoms with Crippen molar-refractivity contribution >= 4 is 39.2 Å². The molecule has 1 aliphatic rings. The van der Waals surface area contributed by atoms with Gasteiger partial charge in [-0.3, -0.25) is 14.2 Å². The van der Waals surface area contributed by atoms with Crippen LogP contribution in [0.2, 0.25) is 0 Å². The summed E-state index contributed by atoms with van der Waals surface area (Å²) in [5, 5.41) is 0. The molecule has 0 N–H and O–H groups in total. The van der Waals surface area contributed by atoms with Gasteiger partial charge in [-0.2, -0.15) is 0 Å². The van der Waals surface area contributed by atoms with Gasteiger partial charge >= 0.3 is 0 Å². The maximum Gasteiger partial charge on any atom is 0.271 e. The second-order valence-corrected chi connectivity index (χ2v) is 10.8. The number of para-hydroxylation sites is 1. The van der Waals surface area contributed by atoms with Gasteiger partial charge in [0.05, 0.1) is 34.5 Å². The van der Waals surface area contributed by atoms with Gasteiger partial charge in [0.1, 0.15) is 18.4 Å². The molecule has 210 valence electrons. The first-order chi connectivity index (χ1) is 19.3. The number of aromatic nitrogens is 1. The van der Waals surface area contributed by atoms with Crippen molar-refractivity contribution < 1.29 is 19.0 Å². The highest BCUT2D eigenvalue weighted by Crippen LogP contribution is 2.38. The Morgan fingerprint density at radius 1 is 1.18 bits per heavy atom. The predicted octanol–water partition coefficient (Wildman–Crippen LogP) is 4.45. The highest BCUT2D eigenvalue weighted by atomic mass is 79.9. The van der Waals surface area contributed by atoms with E-state index in [1.807, 2.05) is 51.1 Å². The molecule has 0 saturated heterocycles. The molecule has 1 aliphatic heterocycles. The number of allylic oxidation sites excluding steroid dienone is 1. The Bertz CT molecular complexity index is 1650. The van der Waals surface area contributed by atoms with Gasteiger partial charge in [0.25, 0.3) is 11.5 Å². The number of carbonyl (C=O) groups is 1. The topological polar surface area (TPSA) is 82.4 Å². The Morgan fingerprint density at radius 3 is 2.52 bits per heavy atom. The zero-order valence-corrected chi connectivity index (χ0v) is 25.6. The second-order valence-electron chi connectivity index (χ2n) is 8.93. The van der Waals surface area contributed by atoms with Gasteiger partial charge in [-0.25, -0.2) is 4.99 Å². The fraction of sp³-hybridized carbons (Fsp3) is 0.300. The van der Waals surface area contributed by atoms with Gasteiger partial charge in [-0.1, -0.05) is 42.2 Å². The van der Waals surface area contributed by atoms with E-state index in [1.165, 1.54) is 11.3 Å². The van der Waals surface area contributed by atoms with Crippen molar-refractivity contribution in [3.8, 4) is 17.2 Å². The molecule has 0 fully saturated rings. The van der Waals surface area contributed by atoms with Crippen LogP contribution in [0, 0.1) is 0 Å². The summed E-state index contributed by atoms with van der Waals surface area (Å²) >= 11 is 4.82. The van der Waals surface area contributed by atoms with Crippen molar-refractivity contribution in [3.05, 3.63) is 95.6 Å². The molecule has 1 atom stereocenters. The molecule has 1 amide bonds. The number of benzene rings is 2. The van der Waals surface area contributed by atoms with Crippen LogP contribution in [0.3, 0.4) is 0 Å². The van der Waals surface area contributed by atoms with Crippen molar-refractivity contribution in [2.24, 2.45) is 4.99 Å². The number of hydrogen-bond donors (Lipinski definition) is 0. The fourth-order valence-corrected chi connectivity index (χ4v) is 6.34. The van der Waals surface area contributed by atoms with E-state index in [0.29, 0.717) is 62.0 Å². The highest BCUT2D eigenvalue weighted by molar-refractivity contribution is 9.10. The summed E-state index contributed by atoms with van der Waals surface area (Å²) in [5.41, 5.74) is 2.24. The first kappa shape index (κ1) is 29.4. The average Bonchev–Trinajstić information content (AvgIpc) is 3.25. The van der Waals surface area contributed by atoms with Crippen molar-refractivity contribution in [2.75, 3.05) is 33.9 Å². The minimum atomic E-state index is -0.696. The summed E-state index contributed by atoms with van der Waals surface area (Å²) in [6, 6.07) is 10.4. The number of methoxy groups -OCH3 is 2. The number of hydrogen-bond acceptors (Lipinski definition) is 7. The third kappa shape index (κ3) is 5.51. The Morgan fingerprint density at radius 2 is 1.88 bits per heavy atom. The van der Waals surface area contributed by atoms with Gasteiger partial charge < -0.3 is 19.1 Å². The van der Waals surface area contributed by atoms with Crippen LogP contribution in [-0.4, -0.2) is 49.3 Å². The molecular formula is C30H32BrN3O5S. The zero-order valence-electron chi connectivity index (χ0n) is 23.2. The van der Waals surface area contributed by atoms with Crippen molar-refractivity contribution in [2.45, 2.75) is 26.8 Å². The molecule has 2 heterocycles. The van der Waals surface area contributed by atoms with E-state index in [1.54, 1.807) is 41.9 Å². The molecule has 0 unspecified atom stereocenters. The number of carbonyl (C=O) groups excluding carboxylic acids is 1. The first-order valence-corrected chi connectivity index (χ1v) is 14.5. The van der Waals surface area contributed by atoms with E-state index >= 15 is 0 Å². The number of ether oxygens (including phenoxy) is 3. The van der Waals surface area contributed by atoms with E-state index < -0.39 is 6.04 Å². The third-order valence-corrected chi connectivity index (χ3v) is 8.20. The third-order valence-electron chi connectivity index (χ3n) is 6.63. The molecular weight excluding hydrogens is 594 g/mol. The molecule has 0 radical (unpaired) electrons. The molecule has 4 rings (SSSR count). The van der Waals surface area contributed by atoms with Crippen LogP contribution >= 0.6 is 27.3 Å². The lowest BCUT2D eigenvalue weighted by Crippen LogP contribution is -2.43. The maximum atomic E-state index is 14.0. The SMILES string of the molecule is C=CCOc1c(Br)cc(/C=c2/sc3n(c2=O)[C@@H](c2ccccc2OC)C(C(=O)N(CC)CC)=C(C)N=3)cc1OC. The lowest BCUT2D eigenvalue weighted by Gasteiger charge is -2.29. The number of rotatable bonds is 10. The lowest BCUT2D eigenvalue weighted by atomic mass is 9.94. The highest BCUT2D eigenvalue weighted by Gasteiger charge is 2.35. The average molecular weight is 627 g/mol. The smallest absolute Gasteiger partial charge is 0.271 e. The van der Waals surface area contributed by atoms with Crippen LogP contribution in [0.15, 0.2) is 74.6 Å². The number of thiazole rings is 1. The summed E-state index contributed by atoms with van der Waals surface area (Å²) in [4.78, 5) is 34.8. The molecule has 3 aromatic rings. The molecule has 0 saturated carbocycles. The number of amides is 1. The number of halogens is 1. The maximum absolute atomic E-state index is 14.0. The Labute approximate surface area is 245 Å². The normalized spacial score (nSPS) is 14.8. The summed E-state index contributed by atoms with van der Waals surface area (Å²) in [5.74, 6) is 1.50. The fourth-order valence-electron chi connectivity index (χ4n) is 4.72. The Kier molecular flexibility index (Phi) is 9.32. The molecule has 8 nitrogen and oxygen atoms in total. The van der Waals surface area contributed by atoms with Crippen molar-refractivity contribution in [1.82, 2.24) is 9.47 Å². The number of fused-ring (bicyclic) bond motifs is 1. The zero-order chi connectivity index (χ0) is 29.0. The quantitative estimate of drug-likeness (QED) is 0.311. The number of nitrogens with zero attached hydrogens (tertiary/aromatic N) is 3. The van der Waals surface area contributed by atoms with Crippen LogP contribution in [0.5, 0.6) is 17.2 Å². The minimum Gasteiger partial charge on any atom is -0.496 e. The molecule has 0 aliphatic carbocycles. The molecule has 1 aromatic heterocycles. The predicted molar refractivity (Wildman–Crippen MR) is 161 cm³/mol. The van der Waals surface area contributed by atoms with Crippen LogP contribution in [-0.2, 0) is 4.79 Å². The van der Waals surface area contributed by atoms with Gasteiger partial charge in [-0.15, -0.1) is 0 Å². The van der Waals surface area contributed by atoms with E-state index in [0.717, 1.165) is 11.1 Å². The van der Waals surface area contributed by atoms with Gasteiger partial charge in [0.2, 0.25) is 0 Å². The number of likely N-dealkylation sites (N-methyl/N-ethyl adjacent to an activating group) is 1. The Balaban J connectivity index is 1.95. The van der Waals surface area contributed by atoms with Crippen LogP contribution in [0.25, 0.3) is 6.08 Å². The van der Waals surface area contributed by atoms with Crippen LogP contribution in [0.4, 0.5) is 0 Å². The molecule has 2 aromatic carbocycles. The molecule has 0 spiro atoms. The summed E-state index contributed by atoms with van der Waals surface area (Å²) < 4.78 is 19.7. The van der Waals surface area contributed by atoms with E-state index in [2.05, 4.69) is 22.5 Å². The second kappa shape index (κ2) is 12.7. The van der Waals surface area contributed by atoms with E-state index in [4.69, 9.17) is 19.2 Å².